The molecule has 0 spiro atoms. The molecule has 0 bridgehead atoms. The second-order valence-electron chi connectivity index (χ2n) is 16.6. The predicted octanol–water partition coefficient (Wildman–Crippen LogP) is 14.9. The molecule has 0 atom stereocenters. The van der Waals surface area contributed by atoms with E-state index in [0.717, 1.165) is 60.9 Å². The van der Waals surface area contributed by atoms with E-state index in [4.69, 9.17) is 9.97 Å². The Kier molecular flexibility index (Phi) is 7.05. The van der Waals surface area contributed by atoms with Gasteiger partial charge in [0.25, 0.3) is 0 Å². The summed E-state index contributed by atoms with van der Waals surface area (Å²) in [5.74, 6) is 0.632. The van der Waals surface area contributed by atoms with Gasteiger partial charge in [0.1, 0.15) is 0 Å². The first-order valence-electron chi connectivity index (χ1n) is 21.5. The van der Waals surface area contributed by atoms with Crippen molar-refractivity contribution in [2.24, 2.45) is 0 Å². The summed E-state index contributed by atoms with van der Waals surface area (Å²) in [6.45, 7) is 0. The lowest BCUT2D eigenvalue weighted by molar-refractivity contribution is 1.01. The molecule has 0 saturated carbocycles. The van der Waals surface area contributed by atoms with Gasteiger partial charge < -0.3 is 9.13 Å². The molecule has 0 fully saturated rings. The fourth-order valence-corrected chi connectivity index (χ4v) is 10.5. The summed E-state index contributed by atoms with van der Waals surface area (Å²) in [4.78, 5) is 11.0. The fraction of sp³-hybridized carbons (Fsp3) is 0. The molecule has 0 amide bonds. The third-order valence-corrected chi connectivity index (χ3v) is 13.2. The van der Waals surface area contributed by atoms with Crippen LogP contribution in [0.15, 0.2) is 212 Å². The molecular weight excluding hydrogens is 767 g/mol. The average Bonchev–Trinajstić information content (AvgIpc) is 3.98. The van der Waals surface area contributed by atoms with Gasteiger partial charge in [0.15, 0.2) is 0 Å². The van der Waals surface area contributed by atoms with Crippen molar-refractivity contribution in [2.45, 2.75) is 0 Å². The number of fused-ring (bicyclic) bond motifs is 13. The third-order valence-electron chi connectivity index (χ3n) is 13.2. The van der Waals surface area contributed by atoms with Crippen LogP contribution >= 0.6 is 0 Å². The van der Waals surface area contributed by atoms with Crippen LogP contribution in [0.5, 0.6) is 0 Å². The van der Waals surface area contributed by atoms with E-state index in [2.05, 4.69) is 226 Å². The van der Waals surface area contributed by atoms with Gasteiger partial charge in [-0.05, 0) is 88.3 Å². The van der Waals surface area contributed by atoms with Crippen LogP contribution in [0.2, 0.25) is 0 Å². The van der Waals surface area contributed by atoms with Crippen molar-refractivity contribution in [3.63, 3.8) is 0 Å². The molecule has 4 heterocycles. The van der Waals surface area contributed by atoms with E-state index in [1.807, 2.05) is 0 Å². The molecule has 0 radical (unpaired) electrons. The minimum absolute atomic E-state index is 0.632. The normalized spacial score (nSPS) is 12.1. The van der Waals surface area contributed by atoms with E-state index in [-0.39, 0.29) is 0 Å². The van der Waals surface area contributed by atoms with E-state index in [1.54, 1.807) is 0 Å². The number of rotatable bonds is 4. The van der Waals surface area contributed by atoms with Crippen LogP contribution < -0.4 is 0 Å². The second-order valence-corrected chi connectivity index (χ2v) is 16.6. The second kappa shape index (κ2) is 13.0. The number of hydrogen-bond acceptors (Lipinski definition) is 2. The third kappa shape index (κ3) is 4.87. The van der Waals surface area contributed by atoms with Crippen molar-refractivity contribution < 1.29 is 0 Å². The molecule has 0 unspecified atom stereocenters. The van der Waals surface area contributed by atoms with Crippen molar-refractivity contribution in [2.75, 3.05) is 0 Å². The minimum Gasteiger partial charge on any atom is -0.309 e. The van der Waals surface area contributed by atoms with Gasteiger partial charge in [-0.1, -0.05) is 146 Å². The maximum Gasteiger partial charge on any atom is 0.235 e. The molecule has 292 valence electrons. The Morgan fingerprint density at radius 3 is 1.76 bits per heavy atom. The fourth-order valence-electron chi connectivity index (χ4n) is 10.5. The first kappa shape index (κ1) is 34.2. The summed E-state index contributed by atoms with van der Waals surface area (Å²) < 4.78 is 7.13. The zero-order valence-corrected chi connectivity index (χ0v) is 33.9. The van der Waals surface area contributed by atoms with Crippen LogP contribution in [0.25, 0.3) is 126 Å². The molecule has 14 aromatic rings. The van der Waals surface area contributed by atoms with Crippen molar-refractivity contribution in [3.05, 3.63) is 212 Å². The van der Waals surface area contributed by atoms with Gasteiger partial charge >= 0.3 is 0 Å². The topological polar surface area (TPSA) is 40.6 Å². The molecule has 14 rings (SSSR count). The Hall–Kier alpha value is -8.54. The molecule has 0 saturated heterocycles. The van der Waals surface area contributed by atoms with Gasteiger partial charge in [-0.15, -0.1) is 0 Å². The quantitative estimate of drug-likeness (QED) is 0.178. The number of benzene rings is 10. The highest BCUT2D eigenvalue weighted by Crippen LogP contribution is 2.43. The smallest absolute Gasteiger partial charge is 0.235 e. The maximum atomic E-state index is 5.62. The maximum absolute atomic E-state index is 5.62. The standard InChI is InChI=1S/C58H35N5/c1-2-18-40(19-3-1)61-48-25-12-9-21-42(48)43-31-29-39(35-53(43)61)57-44-22-8-11-24-47(44)59-58(60-57)63-51-28-14-27-50(56(51)46-33-37-16-4-5-17-38(37)34-54(46)63)62-49-26-13-10-23-45(49)55-41-20-7-6-15-36(41)30-32-52(55)62/h1-35H. The summed E-state index contributed by atoms with van der Waals surface area (Å²) in [6, 6.07) is 76.6. The summed E-state index contributed by atoms with van der Waals surface area (Å²) in [6.07, 6.45) is 0. The van der Waals surface area contributed by atoms with Crippen molar-refractivity contribution >= 4 is 97.9 Å². The molecular formula is C58H35N5. The SMILES string of the molecule is c1ccc(-n2c3ccccc3c3ccc(-c4nc(-n5c6cc7ccccc7cc6c6c(-n7c8ccccc8c8c9ccccc9ccc87)cccc65)nc5ccccc45)cc32)cc1. The molecule has 5 nitrogen and oxygen atoms in total. The molecule has 63 heavy (non-hydrogen) atoms. The summed E-state index contributed by atoms with van der Waals surface area (Å²) in [7, 11) is 0. The van der Waals surface area contributed by atoms with Crippen LogP contribution in [-0.4, -0.2) is 23.7 Å². The first-order valence-corrected chi connectivity index (χ1v) is 21.5. The Morgan fingerprint density at radius 2 is 0.921 bits per heavy atom. The predicted molar refractivity (Wildman–Crippen MR) is 263 cm³/mol. The average molecular weight is 802 g/mol. The van der Waals surface area contributed by atoms with Crippen LogP contribution in [0.1, 0.15) is 0 Å². The summed E-state index contributed by atoms with van der Waals surface area (Å²) >= 11 is 0. The van der Waals surface area contributed by atoms with Gasteiger partial charge in [0.2, 0.25) is 5.95 Å². The van der Waals surface area contributed by atoms with Crippen molar-refractivity contribution in [1.82, 2.24) is 23.7 Å². The summed E-state index contributed by atoms with van der Waals surface area (Å²) in [5.41, 5.74) is 11.8. The lowest BCUT2D eigenvalue weighted by Gasteiger charge is -2.13. The molecule has 10 aromatic carbocycles. The van der Waals surface area contributed by atoms with E-state index in [9.17, 15) is 0 Å². The van der Waals surface area contributed by atoms with Gasteiger partial charge in [0, 0.05) is 49.0 Å². The monoisotopic (exact) mass is 801 g/mol. The Labute approximate surface area is 360 Å². The zero-order valence-electron chi connectivity index (χ0n) is 33.9. The van der Waals surface area contributed by atoms with E-state index < -0.39 is 0 Å². The largest absolute Gasteiger partial charge is 0.309 e. The van der Waals surface area contributed by atoms with E-state index >= 15 is 0 Å². The minimum atomic E-state index is 0.632. The van der Waals surface area contributed by atoms with Crippen LogP contribution in [0.4, 0.5) is 0 Å². The highest BCUT2D eigenvalue weighted by molar-refractivity contribution is 6.23. The lowest BCUT2D eigenvalue weighted by Crippen LogP contribution is -2.04. The van der Waals surface area contributed by atoms with Gasteiger partial charge in [-0.3, -0.25) is 4.57 Å². The molecule has 0 aliphatic carbocycles. The highest BCUT2D eigenvalue weighted by atomic mass is 15.2. The van der Waals surface area contributed by atoms with Crippen LogP contribution in [0, 0.1) is 0 Å². The van der Waals surface area contributed by atoms with Crippen LogP contribution in [-0.2, 0) is 0 Å². The number of hydrogen-bond donors (Lipinski definition) is 0. The lowest BCUT2D eigenvalue weighted by atomic mass is 10.0. The Bertz CT molecular complexity index is 4210. The number of para-hydroxylation sites is 4. The van der Waals surface area contributed by atoms with Crippen molar-refractivity contribution in [1.29, 1.82) is 0 Å². The van der Waals surface area contributed by atoms with Crippen molar-refractivity contribution in [3.8, 4) is 28.6 Å². The number of aromatic nitrogens is 5. The first-order chi connectivity index (χ1) is 31.3. The molecule has 0 aliphatic heterocycles. The van der Waals surface area contributed by atoms with Gasteiger partial charge in [-0.25, -0.2) is 9.97 Å². The van der Waals surface area contributed by atoms with Gasteiger partial charge in [-0.2, -0.15) is 0 Å². The highest BCUT2D eigenvalue weighted by Gasteiger charge is 2.23. The molecule has 0 N–H and O–H groups in total. The molecule has 4 aromatic heterocycles. The summed E-state index contributed by atoms with van der Waals surface area (Å²) in [5, 5.41) is 13.1. The van der Waals surface area contributed by atoms with Crippen LogP contribution in [0.3, 0.4) is 0 Å². The Morgan fingerprint density at radius 1 is 0.302 bits per heavy atom. The molecule has 5 heteroatoms. The molecule has 0 aliphatic rings. The number of nitrogens with zero attached hydrogens (tertiary/aromatic N) is 5. The van der Waals surface area contributed by atoms with Gasteiger partial charge in [0.05, 0.1) is 50.0 Å². The van der Waals surface area contributed by atoms with E-state index in [0.29, 0.717) is 5.95 Å². The van der Waals surface area contributed by atoms with E-state index in [1.165, 1.54) is 59.6 Å². The zero-order chi connectivity index (χ0) is 41.2. The Balaban J connectivity index is 1.08.